The van der Waals surface area contributed by atoms with Crippen molar-refractivity contribution in [2.75, 3.05) is 12.3 Å². The Kier molecular flexibility index (Phi) is 4.35. The van der Waals surface area contributed by atoms with E-state index in [0.29, 0.717) is 0 Å². The minimum absolute atomic E-state index is 0. The maximum Gasteiger partial charge on any atom is 0.351 e. The number of nitrogen functional groups attached to an aromatic ring is 1. The predicted octanol–water partition coefficient (Wildman–Crippen LogP) is -2.41. The van der Waals surface area contributed by atoms with Crippen molar-refractivity contribution < 1.29 is 24.8 Å². The maximum atomic E-state index is 13.7. The van der Waals surface area contributed by atoms with Gasteiger partial charge in [-0.15, -0.1) is 0 Å². The lowest BCUT2D eigenvalue weighted by Gasteiger charge is -2.15. The number of anilines is 1. The van der Waals surface area contributed by atoms with Crippen LogP contribution in [0.3, 0.4) is 0 Å². The number of rotatable bonds is 2. The van der Waals surface area contributed by atoms with E-state index in [1.54, 1.807) is 0 Å². The Bertz CT molecular complexity index is 468. The van der Waals surface area contributed by atoms with Crippen LogP contribution in [-0.4, -0.2) is 50.2 Å². The lowest BCUT2D eigenvalue weighted by Crippen LogP contribution is -2.33. The number of aliphatic hydroxyl groups is 2. The maximum absolute atomic E-state index is 13.7. The molecule has 0 amide bonds. The highest BCUT2D eigenvalue weighted by atomic mass is 19.1. The first kappa shape index (κ1) is 14.5. The monoisotopic (exact) mass is 263 g/mol. The van der Waals surface area contributed by atoms with Crippen LogP contribution in [0.5, 0.6) is 0 Å². The molecule has 1 fully saturated rings. The fourth-order valence-corrected chi connectivity index (χ4v) is 1.70. The van der Waals surface area contributed by atoms with E-state index in [4.69, 9.17) is 15.6 Å². The van der Waals surface area contributed by atoms with Crippen LogP contribution in [0.2, 0.25) is 0 Å². The second-order valence-electron chi connectivity index (χ2n) is 3.72. The van der Waals surface area contributed by atoms with Crippen LogP contribution in [0.25, 0.3) is 0 Å². The van der Waals surface area contributed by atoms with Gasteiger partial charge < -0.3 is 26.2 Å². The van der Waals surface area contributed by atoms with E-state index in [0.717, 1.165) is 4.57 Å². The van der Waals surface area contributed by atoms with Crippen molar-refractivity contribution in [1.29, 1.82) is 0 Å². The van der Waals surface area contributed by atoms with E-state index in [1.807, 2.05) is 0 Å². The lowest BCUT2D eigenvalue weighted by molar-refractivity contribution is -0.0490. The van der Waals surface area contributed by atoms with Gasteiger partial charge in [-0.3, -0.25) is 4.57 Å². The van der Waals surface area contributed by atoms with Crippen LogP contribution in [0, 0.1) is 0 Å². The molecule has 1 aromatic heterocycles. The van der Waals surface area contributed by atoms with E-state index < -0.39 is 36.9 Å². The zero-order valence-corrected chi connectivity index (χ0v) is 9.23. The molecule has 0 radical (unpaired) electrons. The van der Waals surface area contributed by atoms with Gasteiger partial charge in [0.1, 0.15) is 18.0 Å². The standard InChI is InChI=1S/C9H12FN3O4.H2O/c10-6-7(15)4(3-14)17-8(6)13-2-1-5(11)12-9(13)16;/h1-2,4,6-8,14-15H,3H2,(H2,11,12,16);1H2. The first-order valence-corrected chi connectivity index (χ1v) is 4.97. The normalized spacial score (nSPS) is 31.1. The minimum Gasteiger partial charge on any atom is -0.412 e. The summed E-state index contributed by atoms with van der Waals surface area (Å²) < 4.78 is 19.6. The molecule has 18 heavy (non-hydrogen) atoms. The Morgan fingerprint density at radius 3 is 2.78 bits per heavy atom. The smallest absolute Gasteiger partial charge is 0.351 e. The third-order valence-electron chi connectivity index (χ3n) is 2.60. The third kappa shape index (κ3) is 2.34. The summed E-state index contributed by atoms with van der Waals surface area (Å²) >= 11 is 0. The molecular weight excluding hydrogens is 249 g/mol. The van der Waals surface area contributed by atoms with Gasteiger partial charge in [0, 0.05) is 6.20 Å². The van der Waals surface area contributed by atoms with E-state index in [2.05, 4.69) is 4.98 Å². The zero-order valence-electron chi connectivity index (χ0n) is 9.23. The van der Waals surface area contributed by atoms with Crippen LogP contribution in [0.15, 0.2) is 17.1 Å². The molecule has 8 nitrogen and oxygen atoms in total. The first-order valence-electron chi connectivity index (χ1n) is 4.97. The summed E-state index contributed by atoms with van der Waals surface area (Å²) in [6, 6.07) is 1.32. The van der Waals surface area contributed by atoms with Crippen molar-refractivity contribution in [3.63, 3.8) is 0 Å². The number of hydrogen-bond acceptors (Lipinski definition) is 6. The summed E-state index contributed by atoms with van der Waals surface area (Å²) in [5.41, 5.74) is 4.52. The second-order valence-corrected chi connectivity index (χ2v) is 3.72. The van der Waals surface area contributed by atoms with Crippen LogP contribution in [0.1, 0.15) is 6.23 Å². The van der Waals surface area contributed by atoms with Gasteiger partial charge in [-0.1, -0.05) is 0 Å². The second kappa shape index (κ2) is 5.40. The molecule has 2 heterocycles. The molecule has 2 rings (SSSR count). The molecule has 0 bridgehead atoms. The molecule has 1 saturated heterocycles. The van der Waals surface area contributed by atoms with Gasteiger partial charge in [-0.05, 0) is 6.07 Å². The summed E-state index contributed by atoms with van der Waals surface area (Å²) in [5, 5.41) is 18.3. The van der Waals surface area contributed by atoms with Crippen molar-refractivity contribution in [3.05, 3.63) is 22.7 Å². The quantitative estimate of drug-likeness (QED) is 0.542. The third-order valence-corrected chi connectivity index (χ3v) is 2.60. The van der Waals surface area contributed by atoms with Crippen molar-refractivity contribution in [3.8, 4) is 0 Å². The average molecular weight is 263 g/mol. The number of nitrogens with two attached hydrogens (primary N) is 1. The Balaban J connectivity index is 0.00000162. The summed E-state index contributed by atoms with van der Waals surface area (Å²) in [5.74, 6) is 0.0129. The van der Waals surface area contributed by atoms with Crippen molar-refractivity contribution in [2.24, 2.45) is 0 Å². The van der Waals surface area contributed by atoms with E-state index >= 15 is 0 Å². The topological polar surface area (TPSA) is 142 Å². The molecular formula is C9H14FN3O5. The van der Waals surface area contributed by atoms with Crippen LogP contribution in [-0.2, 0) is 4.74 Å². The summed E-state index contributed by atoms with van der Waals surface area (Å²) in [4.78, 5) is 14.9. The molecule has 1 aliphatic rings. The molecule has 102 valence electrons. The van der Waals surface area contributed by atoms with Crippen molar-refractivity contribution in [1.82, 2.24) is 9.55 Å². The molecule has 6 N–H and O–H groups in total. The fourth-order valence-electron chi connectivity index (χ4n) is 1.70. The highest BCUT2D eigenvalue weighted by molar-refractivity contribution is 5.23. The number of aromatic nitrogens is 2. The van der Waals surface area contributed by atoms with Gasteiger partial charge in [0.25, 0.3) is 0 Å². The van der Waals surface area contributed by atoms with Gasteiger partial charge in [-0.25, -0.2) is 9.18 Å². The molecule has 1 aliphatic heterocycles. The first-order chi connectivity index (χ1) is 8.04. The van der Waals surface area contributed by atoms with Gasteiger partial charge in [0.15, 0.2) is 12.4 Å². The van der Waals surface area contributed by atoms with E-state index in [9.17, 15) is 14.3 Å². The number of halogens is 1. The number of hydrogen-bond donors (Lipinski definition) is 3. The summed E-state index contributed by atoms with van der Waals surface area (Å²) in [6.45, 7) is -0.533. The minimum atomic E-state index is -1.81. The molecule has 9 heteroatoms. The zero-order chi connectivity index (χ0) is 12.6. The number of alkyl halides is 1. The highest BCUT2D eigenvalue weighted by Gasteiger charge is 2.45. The van der Waals surface area contributed by atoms with Crippen molar-refractivity contribution in [2.45, 2.75) is 24.6 Å². The molecule has 0 spiro atoms. The molecule has 1 aromatic rings. The van der Waals surface area contributed by atoms with E-state index in [-0.39, 0.29) is 11.3 Å². The largest absolute Gasteiger partial charge is 0.412 e. The Hall–Kier alpha value is -1.55. The molecule has 0 aliphatic carbocycles. The predicted molar refractivity (Wildman–Crippen MR) is 58.4 cm³/mol. The Morgan fingerprint density at radius 1 is 1.61 bits per heavy atom. The molecule has 0 aromatic carbocycles. The lowest BCUT2D eigenvalue weighted by atomic mass is 10.1. The summed E-state index contributed by atoms with van der Waals surface area (Å²) in [7, 11) is 0. The van der Waals surface area contributed by atoms with Crippen molar-refractivity contribution >= 4 is 5.82 Å². The van der Waals surface area contributed by atoms with Crippen LogP contribution >= 0.6 is 0 Å². The summed E-state index contributed by atoms with van der Waals surface area (Å²) in [6.07, 6.45) is -4.42. The van der Waals surface area contributed by atoms with Crippen LogP contribution < -0.4 is 11.4 Å². The molecule has 4 unspecified atom stereocenters. The van der Waals surface area contributed by atoms with Gasteiger partial charge >= 0.3 is 5.69 Å². The Morgan fingerprint density at radius 2 is 2.28 bits per heavy atom. The van der Waals surface area contributed by atoms with Gasteiger partial charge in [0.2, 0.25) is 0 Å². The van der Waals surface area contributed by atoms with Gasteiger partial charge in [-0.2, -0.15) is 4.98 Å². The molecule has 0 saturated carbocycles. The van der Waals surface area contributed by atoms with E-state index in [1.165, 1.54) is 12.3 Å². The van der Waals surface area contributed by atoms with Gasteiger partial charge in [0.05, 0.1) is 6.61 Å². The average Bonchev–Trinajstić information content (AvgIpc) is 2.57. The number of nitrogens with zero attached hydrogens (tertiary/aromatic N) is 2. The highest BCUT2D eigenvalue weighted by Crippen LogP contribution is 2.30. The number of aliphatic hydroxyl groups excluding tert-OH is 2. The molecule has 4 atom stereocenters. The Labute approximate surface area is 101 Å². The fraction of sp³-hybridized carbons (Fsp3) is 0.556. The van der Waals surface area contributed by atoms with Crippen LogP contribution in [0.4, 0.5) is 10.2 Å². The SMILES string of the molecule is Nc1ccn(C2OC(CO)C(O)C2F)c(=O)n1.O. The number of ether oxygens (including phenoxy) is 1.